The summed E-state index contributed by atoms with van der Waals surface area (Å²) in [6, 6.07) is 11.2. The molecule has 0 saturated heterocycles. The van der Waals surface area contributed by atoms with Crippen LogP contribution in [0.1, 0.15) is 16.7 Å². The van der Waals surface area contributed by atoms with E-state index in [1.807, 2.05) is 31.2 Å². The van der Waals surface area contributed by atoms with Crippen molar-refractivity contribution >= 4 is 33.7 Å². The van der Waals surface area contributed by atoms with Crippen molar-refractivity contribution in [2.24, 2.45) is 0 Å². The van der Waals surface area contributed by atoms with Crippen LogP contribution in [0, 0.1) is 13.8 Å². The number of benzene rings is 2. The van der Waals surface area contributed by atoms with Crippen LogP contribution in [-0.4, -0.2) is 29.5 Å². The average Bonchev–Trinajstić information content (AvgIpc) is 3.18. The summed E-state index contributed by atoms with van der Waals surface area (Å²) in [5, 5.41) is 15.7. The highest BCUT2D eigenvalue weighted by atomic mass is 16.5. The van der Waals surface area contributed by atoms with Gasteiger partial charge in [0.15, 0.2) is 6.61 Å². The maximum Gasteiger partial charge on any atom is 0.339 e. The third-order valence-electron chi connectivity index (χ3n) is 5.52. The summed E-state index contributed by atoms with van der Waals surface area (Å²) < 4.78 is 10.8. The molecule has 0 spiro atoms. The highest BCUT2D eigenvalue weighted by Gasteiger charge is 2.17. The van der Waals surface area contributed by atoms with Crippen LogP contribution in [0.3, 0.4) is 0 Å². The van der Waals surface area contributed by atoms with Gasteiger partial charge in [0.1, 0.15) is 11.3 Å². The SMILES string of the molecule is Cc1c(C)c2ccc(OCC(=O)N[C@@H](Cc3c[nH]c4ccccc34)C(=O)[O-])cc2oc1=O. The lowest BCUT2D eigenvalue weighted by molar-refractivity contribution is -0.308. The maximum atomic E-state index is 12.3. The van der Waals surface area contributed by atoms with E-state index < -0.39 is 30.2 Å². The van der Waals surface area contributed by atoms with Crippen LogP contribution in [0.25, 0.3) is 21.9 Å². The number of hydrogen-bond acceptors (Lipinski definition) is 6. The predicted molar refractivity (Wildman–Crippen MR) is 116 cm³/mol. The molecule has 4 rings (SSSR count). The summed E-state index contributed by atoms with van der Waals surface area (Å²) in [4.78, 5) is 38.9. The Bertz CT molecular complexity index is 1380. The molecular weight excluding hydrogens is 412 g/mol. The van der Waals surface area contributed by atoms with Gasteiger partial charge < -0.3 is 29.4 Å². The van der Waals surface area contributed by atoms with Crippen molar-refractivity contribution < 1.29 is 23.8 Å². The maximum absolute atomic E-state index is 12.3. The summed E-state index contributed by atoms with van der Waals surface area (Å²) in [6.07, 6.45) is 1.79. The standard InChI is InChI=1S/C24H22N2O6/c1-13-14(2)24(30)32-21-10-16(7-8-17(13)21)31-12-22(27)26-20(23(28)29)9-15-11-25-19-6-4-3-5-18(15)19/h3-8,10-11,20,25H,9,12H2,1-2H3,(H,26,27)(H,28,29)/p-1/t20-/m0/s1. The zero-order valence-electron chi connectivity index (χ0n) is 17.6. The Labute approximate surface area is 182 Å². The van der Waals surface area contributed by atoms with Crippen LogP contribution in [0.4, 0.5) is 0 Å². The number of fused-ring (bicyclic) bond motifs is 2. The number of hydrogen-bond donors (Lipinski definition) is 2. The minimum absolute atomic E-state index is 0.0673. The number of carboxylic acid groups (broad SMARTS) is 1. The third-order valence-corrected chi connectivity index (χ3v) is 5.52. The zero-order chi connectivity index (χ0) is 22.8. The molecule has 0 unspecified atom stereocenters. The van der Waals surface area contributed by atoms with Crippen LogP contribution in [-0.2, 0) is 16.0 Å². The lowest BCUT2D eigenvalue weighted by Gasteiger charge is -2.19. The number of H-pyrrole nitrogens is 1. The lowest BCUT2D eigenvalue weighted by Crippen LogP contribution is -2.50. The molecule has 0 aliphatic heterocycles. The Hall–Kier alpha value is -4.07. The molecule has 2 N–H and O–H groups in total. The number of ether oxygens (including phenoxy) is 1. The van der Waals surface area contributed by atoms with Crippen molar-refractivity contribution in [2.75, 3.05) is 6.61 Å². The van der Waals surface area contributed by atoms with E-state index in [4.69, 9.17) is 9.15 Å². The van der Waals surface area contributed by atoms with Gasteiger partial charge in [0.05, 0.1) is 12.0 Å². The van der Waals surface area contributed by atoms with E-state index in [0.29, 0.717) is 16.9 Å². The monoisotopic (exact) mass is 433 g/mol. The zero-order valence-corrected chi connectivity index (χ0v) is 17.6. The molecule has 1 atom stereocenters. The number of aromatic amines is 1. The second-order valence-corrected chi connectivity index (χ2v) is 7.59. The van der Waals surface area contributed by atoms with E-state index in [-0.39, 0.29) is 6.42 Å². The van der Waals surface area contributed by atoms with Gasteiger partial charge in [0.2, 0.25) is 0 Å². The highest BCUT2D eigenvalue weighted by molar-refractivity contribution is 5.87. The first-order valence-corrected chi connectivity index (χ1v) is 10.1. The van der Waals surface area contributed by atoms with Crippen molar-refractivity contribution in [1.82, 2.24) is 10.3 Å². The molecule has 8 heteroatoms. The number of aromatic nitrogens is 1. The number of para-hydroxylation sites is 1. The number of carbonyl (C=O) groups excluding carboxylic acids is 2. The Balaban J connectivity index is 1.43. The van der Waals surface area contributed by atoms with Crippen LogP contribution in [0.5, 0.6) is 5.75 Å². The molecule has 0 fully saturated rings. The summed E-state index contributed by atoms with van der Waals surface area (Å²) in [6.45, 7) is 3.12. The first-order valence-electron chi connectivity index (χ1n) is 10.1. The second kappa shape index (κ2) is 8.58. The molecule has 0 radical (unpaired) electrons. The van der Waals surface area contributed by atoms with Gasteiger partial charge in [-0.3, -0.25) is 4.79 Å². The molecule has 0 aliphatic carbocycles. The van der Waals surface area contributed by atoms with E-state index in [0.717, 1.165) is 27.4 Å². The molecule has 8 nitrogen and oxygen atoms in total. The van der Waals surface area contributed by atoms with Gasteiger partial charge >= 0.3 is 5.63 Å². The molecular formula is C24H21N2O6-. The Kier molecular flexibility index (Phi) is 5.68. The fourth-order valence-electron chi connectivity index (χ4n) is 3.62. The number of carboxylic acids is 1. The Morgan fingerprint density at radius 1 is 1.12 bits per heavy atom. The fourth-order valence-corrected chi connectivity index (χ4v) is 3.62. The lowest BCUT2D eigenvalue weighted by atomic mass is 10.1. The molecule has 4 aromatic rings. The van der Waals surface area contributed by atoms with Crippen LogP contribution in [0.15, 0.2) is 57.9 Å². The van der Waals surface area contributed by atoms with Crippen molar-refractivity contribution in [1.29, 1.82) is 0 Å². The van der Waals surface area contributed by atoms with Gasteiger partial charge in [0, 0.05) is 40.5 Å². The average molecular weight is 433 g/mol. The third kappa shape index (κ3) is 4.20. The molecule has 0 aliphatic rings. The summed E-state index contributed by atoms with van der Waals surface area (Å²) in [5.41, 5.74) is 2.90. The number of carbonyl (C=O) groups is 2. The molecule has 0 saturated carbocycles. The van der Waals surface area contributed by atoms with Gasteiger partial charge in [-0.2, -0.15) is 0 Å². The quantitative estimate of drug-likeness (QED) is 0.428. The van der Waals surface area contributed by atoms with Crippen molar-refractivity contribution in [3.05, 3.63) is 75.8 Å². The van der Waals surface area contributed by atoms with Crippen molar-refractivity contribution in [3.63, 3.8) is 0 Å². The largest absolute Gasteiger partial charge is 0.548 e. The topological polar surface area (TPSA) is 124 Å². The number of aryl methyl sites for hydroxylation is 1. The Morgan fingerprint density at radius 3 is 2.69 bits per heavy atom. The number of aliphatic carboxylic acids is 1. The molecule has 1 amide bonds. The normalized spacial score (nSPS) is 12.1. The van der Waals surface area contributed by atoms with Crippen LogP contribution in [0.2, 0.25) is 0 Å². The van der Waals surface area contributed by atoms with Crippen molar-refractivity contribution in [3.8, 4) is 5.75 Å². The van der Waals surface area contributed by atoms with Gasteiger partial charge in [-0.05, 0) is 43.2 Å². The van der Waals surface area contributed by atoms with Gasteiger partial charge in [-0.15, -0.1) is 0 Å². The first kappa shape index (κ1) is 21.2. The number of nitrogens with one attached hydrogen (secondary N) is 2. The van der Waals surface area contributed by atoms with E-state index in [9.17, 15) is 19.5 Å². The molecule has 0 bridgehead atoms. The van der Waals surface area contributed by atoms with Crippen molar-refractivity contribution in [2.45, 2.75) is 26.3 Å². The highest BCUT2D eigenvalue weighted by Crippen LogP contribution is 2.24. The van der Waals surface area contributed by atoms with Gasteiger partial charge in [-0.25, -0.2) is 4.79 Å². The number of amides is 1. The van der Waals surface area contributed by atoms with Gasteiger partial charge in [0.25, 0.3) is 5.91 Å². The van der Waals surface area contributed by atoms with Crippen LogP contribution < -0.4 is 20.8 Å². The summed E-state index contributed by atoms with van der Waals surface area (Å²) in [7, 11) is 0. The molecule has 2 heterocycles. The fraction of sp³-hybridized carbons (Fsp3) is 0.208. The van der Waals surface area contributed by atoms with Gasteiger partial charge in [-0.1, -0.05) is 18.2 Å². The number of rotatable bonds is 7. The van der Waals surface area contributed by atoms with Crippen LogP contribution >= 0.6 is 0 Å². The van der Waals surface area contributed by atoms with E-state index in [1.54, 1.807) is 25.3 Å². The summed E-state index contributed by atoms with van der Waals surface area (Å²) in [5.74, 6) is -1.68. The smallest absolute Gasteiger partial charge is 0.339 e. The predicted octanol–water partition coefficient (Wildman–Crippen LogP) is 1.75. The molecule has 2 aromatic carbocycles. The minimum Gasteiger partial charge on any atom is -0.548 e. The first-order chi connectivity index (χ1) is 15.3. The van der Waals surface area contributed by atoms with E-state index in [1.165, 1.54) is 6.07 Å². The molecule has 32 heavy (non-hydrogen) atoms. The Morgan fingerprint density at radius 2 is 1.91 bits per heavy atom. The second-order valence-electron chi connectivity index (χ2n) is 7.59. The van der Waals surface area contributed by atoms with E-state index >= 15 is 0 Å². The molecule has 164 valence electrons. The van der Waals surface area contributed by atoms with E-state index in [2.05, 4.69) is 10.3 Å². The molecule has 2 aromatic heterocycles. The summed E-state index contributed by atoms with van der Waals surface area (Å²) >= 11 is 0. The minimum atomic E-state index is -1.39.